The van der Waals surface area contributed by atoms with Gasteiger partial charge in [-0.25, -0.2) is 4.98 Å². The van der Waals surface area contributed by atoms with Crippen LogP contribution in [0.25, 0.3) is 11.2 Å². The van der Waals surface area contributed by atoms with Gasteiger partial charge in [-0.15, -0.1) is 11.8 Å². The monoisotopic (exact) mass is 300 g/mol. The maximum absolute atomic E-state index is 9.53. The SMILES string of the molecule is Nc1nc(N)c2ncn(CS[C@H](CO)C(O)CO)c2n1. The molecule has 0 fully saturated rings. The van der Waals surface area contributed by atoms with Crippen molar-refractivity contribution in [3.63, 3.8) is 0 Å². The van der Waals surface area contributed by atoms with Gasteiger partial charge >= 0.3 is 0 Å². The zero-order valence-electron chi connectivity index (χ0n) is 10.5. The molecule has 2 rings (SSSR count). The van der Waals surface area contributed by atoms with Crippen molar-refractivity contribution in [1.29, 1.82) is 0 Å². The second-order valence-electron chi connectivity index (χ2n) is 4.12. The molecule has 2 atom stereocenters. The highest BCUT2D eigenvalue weighted by Gasteiger charge is 2.19. The standard InChI is InChI=1S/C10H16N6O3S/c11-8-7-9(15-10(12)14-8)16(3-13-7)4-20-6(2-18)5(19)1-17/h3,5-6,17-19H,1-2,4H2,(H4,11,12,14,15)/t5?,6-/m1/s1. The molecule has 0 saturated carbocycles. The zero-order chi connectivity index (χ0) is 14.7. The lowest BCUT2D eigenvalue weighted by atomic mass is 10.3. The Bertz CT molecular complexity index is 592. The Balaban J connectivity index is 2.18. The summed E-state index contributed by atoms with van der Waals surface area (Å²) in [5, 5.41) is 27.1. The molecular formula is C10H16N6O3S. The van der Waals surface area contributed by atoms with Crippen molar-refractivity contribution in [2.75, 3.05) is 24.7 Å². The number of hydrogen-bond donors (Lipinski definition) is 5. The minimum Gasteiger partial charge on any atom is -0.395 e. The normalized spacial score (nSPS) is 14.6. The molecule has 20 heavy (non-hydrogen) atoms. The largest absolute Gasteiger partial charge is 0.395 e. The summed E-state index contributed by atoms with van der Waals surface area (Å²) in [7, 11) is 0. The number of imidazole rings is 1. The van der Waals surface area contributed by atoms with Crippen molar-refractivity contribution in [3.8, 4) is 0 Å². The zero-order valence-corrected chi connectivity index (χ0v) is 11.4. The van der Waals surface area contributed by atoms with Gasteiger partial charge in [0.15, 0.2) is 11.5 Å². The van der Waals surface area contributed by atoms with E-state index in [0.717, 1.165) is 0 Å². The molecule has 7 N–H and O–H groups in total. The Morgan fingerprint density at radius 2 is 2.00 bits per heavy atom. The maximum Gasteiger partial charge on any atom is 0.224 e. The highest BCUT2D eigenvalue weighted by molar-refractivity contribution is 7.99. The number of anilines is 2. The van der Waals surface area contributed by atoms with Gasteiger partial charge in [0.2, 0.25) is 5.95 Å². The van der Waals surface area contributed by atoms with Gasteiger partial charge in [0.25, 0.3) is 0 Å². The second-order valence-corrected chi connectivity index (χ2v) is 5.32. The lowest BCUT2D eigenvalue weighted by Gasteiger charge is -2.18. The first-order valence-corrected chi connectivity index (χ1v) is 6.87. The average molecular weight is 300 g/mol. The van der Waals surface area contributed by atoms with E-state index in [9.17, 15) is 10.2 Å². The van der Waals surface area contributed by atoms with Crippen LogP contribution in [0.4, 0.5) is 11.8 Å². The van der Waals surface area contributed by atoms with Crippen LogP contribution in [0, 0.1) is 0 Å². The third-order valence-electron chi connectivity index (χ3n) is 2.73. The quantitative estimate of drug-likeness (QED) is 0.423. The minimum atomic E-state index is -0.996. The van der Waals surface area contributed by atoms with Gasteiger partial charge in [0.05, 0.1) is 36.8 Å². The number of fused-ring (bicyclic) bond motifs is 1. The van der Waals surface area contributed by atoms with Crippen molar-refractivity contribution in [1.82, 2.24) is 19.5 Å². The van der Waals surface area contributed by atoms with Gasteiger partial charge < -0.3 is 31.4 Å². The fraction of sp³-hybridized carbons (Fsp3) is 0.500. The predicted molar refractivity (Wildman–Crippen MR) is 75.7 cm³/mol. The molecule has 0 radical (unpaired) electrons. The Morgan fingerprint density at radius 1 is 1.25 bits per heavy atom. The number of hydrogen-bond acceptors (Lipinski definition) is 9. The van der Waals surface area contributed by atoms with Crippen LogP contribution in [0.2, 0.25) is 0 Å². The van der Waals surface area contributed by atoms with Crippen LogP contribution in [0.5, 0.6) is 0 Å². The predicted octanol–water partition coefficient (Wildman–Crippen LogP) is -1.60. The molecule has 0 aliphatic heterocycles. The van der Waals surface area contributed by atoms with E-state index in [0.29, 0.717) is 17.0 Å². The van der Waals surface area contributed by atoms with Crippen molar-refractivity contribution in [2.24, 2.45) is 0 Å². The molecule has 110 valence electrons. The number of thioether (sulfide) groups is 1. The molecule has 0 saturated heterocycles. The van der Waals surface area contributed by atoms with Crippen LogP contribution in [0.3, 0.4) is 0 Å². The topological polar surface area (TPSA) is 156 Å². The Kier molecular flexibility index (Phi) is 4.60. The molecule has 10 heteroatoms. The first kappa shape index (κ1) is 14.8. The molecule has 9 nitrogen and oxygen atoms in total. The van der Waals surface area contributed by atoms with E-state index in [1.165, 1.54) is 18.1 Å². The van der Waals surface area contributed by atoms with Crippen LogP contribution < -0.4 is 11.5 Å². The summed E-state index contributed by atoms with van der Waals surface area (Å²) < 4.78 is 1.68. The summed E-state index contributed by atoms with van der Waals surface area (Å²) in [6, 6.07) is 0. The minimum absolute atomic E-state index is 0.0517. The molecule has 2 aromatic rings. The Morgan fingerprint density at radius 3 is 2.65 bits per heavy atom. The van der Waals surface area contributed by atoms with Crippen molar-refractivity contribution in [2.45, 2.75) is 17.2 Å². The van der Waals surface area contributed by atoms with E-state index in [-0.39, 0.29) is 18.4 Å². The molecule has 0 spiro atoms. The number of nitrogens with zero attached hydrogens (tertiary/aromatic N) is 4. The number of rotatable bonds is 6. The molecule has 0 aliphatic rings. The smallest absolute Gasteiger partial charge is 0.224 e. The summed E-state index contributed by atoms with van der Waals surface area (Å²) in [6.45, 7) is -0.663. The van der Waals surface area contributed by atoms with E-state index in [2.05, 4.69) is 15.0 Å². The van der Waals surface area contributed by atoms with Gasteiger partial charge in [-0.1, -0.05) is 0 Å². The molecule has 0 amide bonds. The number of nitrogens with two attached hydrogens (primary N) is 2. The van der Waals surface area contributed by atoms with Gasteiger partial charge in [-0.2, -0.15) is 9.97 Å². The van der Waals surface area contributed by atoms with E-state index < -0.39 is 18.0 Å². The van der Waals surface area contributed by atoms with Crippen LogP contribution in [-0.4, -0.2) is 59.4 Å². The van der Waals surface area contributed by atoms with E-state index in [1.54, 1.807) is 4.57 Å². The lowest BCUT2D eigenvalue weighted by molar-refractivity contribution is 0.0775. The van der Waals surface area contributed by atoms with Crippen LogP contribution in [-0.2, 0) is 5.88 Å². The number of aliphatic hydroxyl groups excluding tert-OH is 3. The summed E-state index contributed by atoms with van der Waals surface area (Å²) in [4.78, 5) is 12.0. The van der Waals surface area contributed by atoms with Crippen molar-refractivity contribution in [3.05, 3.63) is 6.33 Å². The summed E-state index contributed by atoms with van der Waals surface area (Å²) in [6.07, 6.45) is 0.534. The molecular weight excluding hydrogens is 284 g/mol. The molecule has 0 bridgehead atoms. The summed E-state index contributed by atoms with van der Waals surface area (Å²) in [5.41, 5.74) is 12.2. The average Bonchev–Trinajstić information content (AvgIpc) is 2.82. The molecule has 0 aliphatic carbocycles. The van der Waals surface area contributed by atoms with Gasteiger partial charge in [0, 0.05) is 0 Å². The van der Waals surface area contributed by atoms with Crippen LogP contribution in [0.1, 0.15) is 0 Å². The third-order valence-corrected chi connectivity index (χ3v) is 4.05. The maximum atomic E-state index is 9.53. The Hall–Kier alpha value is -1.62. The lowest BCUT2D eigenvalue weighted by Crippen LogP contribution is -2.30. The molecule has 2 aromatic heterocycles. The first-order chi connectivity index (χ1) is 9.56. The summed E-state index contributed by atoms with van der Waals surface area (Å²) >= 11 is 1.26. The fourth-order valence-corrected chi connectivity index (χ4v) is 2.61. The van der Waals surface area contributed by atoms with Crippen molar-refractivity contribution < 1.29 is 15.3 Å². The number of aromatic nitrogens is 4. The number of nitrogen functional groups attached to an aromatic ring is 2. The molecule has 1 unspecified atom stereocenters. The first-order valence-electron chi connectivity index (χ1n) is 5.82. The van der Waals surface area contributed by atoms with Gasteiger partial charge in [0.1, 0.15) is 5.52 Å². The van der Waals surface area contributed by atoms with Gasteiger partial charge in [-0.05, 0) is 0 Å². The van der Waals surface area contributed by atoms with E-state index >= 15 is 0 Å². The van der Waals surface area contributed by atoms with E-state index in [4.69, 9.17) is 16.6 Å². The molecule has 2 heterocycles. The highest BCUT2D eigenvalue weighted by atomic mass is 32.2. The van der Waals surface area contributed by atoms with E-state index in [1.807, 2.05) is 0 Å². The molecule has 0 aromatic carbocycles. The highest BCUT2D eigenvalue weighted by Crippen LogP contribution is 2.22. The fourth-order valence-electron chi connectivity index (χ4n) is 1.66. The third kappa shape index (κ3) is 2.93. The van der Waals surface area contributed by atoms with Gasteiger partial charge in [-0.3, -0.25) is 0 Å². The number of aliphatic hydroxyl groups is 3. The van der Waals surface area contributed by atoms with Crippen LogP contribution >= 0.6 is 11.8 Å². The second kappa shape index (κ2) is 6.22. The summed E-state index contributed by atoms with van der Waals surface area (Å²) in [5.74, 6) is 0.621. The van der Waals surface area contributed by atoms with Crippen LogP contribution in [0.15, 0.2) is 6.33 Å². The Labute approximate surface area is 118 Å². The van der Waals surface area contributed by atoms with Crippen molar-refractivity contribution >= 4 is 34.7 Å².